The maximum atomic E-state index is 11.7. The SMILES string of the molecule is CCC(C)C(O)CNC(=O)NCc1ccc(-n2ccnc2)nc1. The summed E-state index contributed by atoms with van der Waals surface area (Å²) >= 11 is 0. The van der Waals surface area contributed by atoms with E-state index in [0.717, 1.165) is 17.8 Å². The van der Waals surface area contributed by atoms with Gasteiger partial charge in [-0.2, -0.15) is 0 Å². The van der Waals surface area contributed by atoms with Crippen LogP contribution in [0.5, 0.6) is 0 Å². The van der Waals surface area contributed by atoms with E-state index in [4.69, 9.17) is 0 Å². The molecule has 124 valence electrons. The molecule has 0 aromatic carbocycles. The minimum absolute atomic E-state index is 0.162. The molecule has 7 nitrogen and oxygen atoms in total. The number of carbonyl (C=O) groups excluding carboxylic acids is 1. The van der Waals surface area contributed by atoms with Crippen LogP contribution < -0.4 is 10.6 Å². The third kappa shape index (κ3) is 5.07. The number of aliphatic hydroxyl groups excluding tert-OH is 1. The van der Waals surface area contributed by atoms with Crippen LogP contribution in [0.15, 0.2) is 37.1 Å². The van der Waals surface area contributed by atoms with Gasteiger partial charge in [0.1, 0.15) is 12.1 Å². The van der Waals surface area contributed by atoms with Crippen LogP contribution in [-0.2, 0) is 6.54 Å². The number of aromatic nitrogens is 3. The van der Waals surface area contributed by atoms with Crippen LogP contribution in [0.4, 0.5) is 4.79 Å². The molecule has 2 atom stereocenters. The molecule has 0 aliphatic carbocycles. The summed E-state index contributed by atoms with van der Waals surface area (Å²) in [7, 11) is 0. The van der Waals surface area contributed by atoms with Gasteiger partial charge in [-0.25, -0.2) is 14.8 Å². The third-order valence-electron chi connectivity index (χ3n) is 3.80. The summed E-state index contributed by atoms with van der Waals surface area (Å²) in [6.45, 7) is 4.59. The summed E-state index contributed by atoms with van der Waals surface area (Å²) in [5, 5.41) is 15.2. The Morgan fingerprint density at radius 2 is 2.22 bits per heavy atom. The molecule has 2 heterocycles. The molecule has 0 bridgehead atoms. The van der Waals surface area contributed by atoms with Gasteiger partial charge in [0.05, 0.1) is 6.10 Å². The molecule has 0 aliphatic rings. The Balaban J connectivity index is 1.76. The molecule has 2 unspecified atom stereocenters. The molecule has 0 saturated carbocycles. The first-order valence-corrected chi connectivity index (χ1v) is 7.73. The van der Waals surface area contributed by atoms with Crippen molar-refractivity contribution in [1.29, 1.82) is 0 Å². The Kier molecular flexibility index (Phi) is 6.10. The molecule has 0 radical (unpaired) electrons. The van der Waals surface area contributed by atoms with Gasteiger partial charge in [0.15, 0.2) is 0 Å². The number of rotatable bonds is 7. The van der Waals surface area contributed by atoms with Crippen LogP contribution in [0.1, 0.15) is 25.8 Å². The van der Waals surface area contributed by atoms with Crippen LogP contribution in [0, 0.1) is 5.92 Å². The Hall–Kier alpha value is -2.41. The Morgan fingerprint density at radius 1 is 1.39 bits per heavy atom. The number of carbonyl (C=O) groups is 1. The molecular formula is C16H23N5O2. The standard InChI is InChI=1S/C16H23N5O2/c1-3-12(2)14(22)10-20-16(23)19-9-13-4-5-15(18-8-13)21-7-6-17-11-21/h4-8,11-12,14,22H,3,9-10H2,1-2H3,(H2,19,20,23). The lowest BCUT2D eigenvalue weighted by Gasteiger charge is -2.17. The number of pyridine rings is 1. The third-order valence-corrected chi connectivity index (χ3v) is 3.80. The van der Waals surface area contributed by atoms with E-state index in [9.17, 15) is 9.90 Å². The molecule has 23 heavy (non-hydrogen) atoms. The fourth-order valence-electron chi connectivity index (χ4n) is 1.98. The lowest BCUT2D eigenvalue weighted by atomic mass is 10.0. The monoisotopic (exact) mass is 317 g/mol. The molecule has 7 heteroatoms. The van der Waals surface area contributed by atoms with Gasteiger partial charge in [-0.1, -0.05) is 26.3 Å². The van der Waals surface area contributed by atoms with Gasteiger partial charge in [0.25, 0.3) is 0 Å². The summed E-state index contributed by atoms with van der Waals surface area (Å²) in [5.74, 6) is 0.933. The first kappa shape index (κ1) is 17.0. The molecule has 2 aromatic rings. The topological polar surface area (TPSA) is 92.1 Å². The number of hydrogen-bond acceptors (Lipinski definition) is 4. The average molecular weight is 317 g/mol. The lowest BCUT2D eigenvalue weighted by Crippen LogP contribution is -2.41. The van der Waals surface area contributed by atoms with E-state index in [1.165, 1.54) is 0 Å². The summed E-state index contributed by atoms with van der Waals surface area (Å²) in [6.07, 6.45) is 7.24. The molecule has 0 aliphatic heterocycles. The maximum Gasteiger partial charge on any atom is 0.315 e. The smallest absolute Gasteiger partial charge is 0.315 e. The van der Waals surface area contributed by atoms with Gasteiger partial charge >= 0.3 is 6.03 Å². The van der Waals surface area contributed by atoms with Crippen molar-refractivity contribution in [2.75, 3.05) is 6.54 Å². The normalized spacial score (nSPS) is 13.3. The van der Waals surface area contributed by atoms with Crippen molar-refractivity contribution >= 4 is 6.03 Å². The van der Waals surface area contributed by atoms with Crippen molar-refractivity contribution in [2.24, 2.45) is 5.92 Å². The second kappa shape index (κ2) is 8.28. The number of nitrogens with zero attached hydrogens (tertiary/aromatic N) is 3. The first-order valence-electron chi connectivity index (χ1n) is 7.73. The van der Waals surface area contributed by atoms with Gasteiger partial charge in [0, 0.05) is 31.7 Å². The number of aliphatic hydroxyl groups is 1. The van der Waals surface area contributed by atoms with Crippen molar-refractivity contribution in [2.45, 2.75) is 32.9 Å². The van der Waals surface area contributed by atoms with Crippen LogP contribution in [0.3, 0.4) is 0 Å². The first-order chi connectivity index (χ1) is 11.1. The minimum atomic E-state index is -0.526. The fourth-order valence-corrected chi connectivity index (χ4v) is 1.98. The Morgan fingerprint density at radius 3 is 2.83 bits per heavy atom. The molecule has 3 N–H and O–H groups in total. The molecule has 2 aromatic heterocycles. The van der Waals surface area contributed by atoms with Crippen molar-refractivity contribution in [1.82, 2.24) is 25.2 Å². The van der Waals surface area contributed by atoms with Crippen molar-refractivity contribution in [3.05, 3.63) is 42.6 Å². The predicted molar refractivity (Wildman–Crippen MR) is 87.1 cm³/mol. The summed E-state index contributed by atoms with van der Waals surface area (Å²) in [5.41, 5.74) is 0.895. The zero-order valence-corrected chi connectivity index (χ0v) is 13.4. The molecule has 0 saturated heterocycles. The van der Waals surface area contributed by atoms with E-state index in [1.54, 1.807) is 23.3 Å². The van der Waals surface area contributed by atoms with Crippen LogP contribution in [0.25, 0.3) is 5.82 Å². The molecule has 0 spiro atoms. The molecular weight excluding hydrogens is 294 g/mol. The number of urea groups is 1. The quantitative estimate of drug-likeness (QED) is 0.721. The van der Waals surface area contributed by atoms with E-state index in [1.807, 2.05) is 32.2 Å². The van der Waals surface area contributed by atoms with Crippen LogP contribution in [0.2, 0.25) is 0 Å². The van der Waals surface area contributed by atoms with Crippen molar-refractivity contribution < 1.29 is 9.90 Å². The summed E-state index contributed by atoms with van der Waals surface area (Å²) in [4.78, 5) is 20.0. The highest BCUT2D eigenvalue weighted by Crippen LogP contribution is 2.06. The van der Waals surface area contributed by atoms with Crippen LogP contribution >= 0.6 is 0 Å². The zero-order chi connectivity index (χ0) is 16.7. The molecule has 2 rings (SSSR count). The van der Waals surface area contributed by atoms with Gasteiger partial charge in [-0.15, -0.1) is 0 Å². The van der Waals surface area contributed by atoms with E-state index < -0.39 is 6.10 Å². The second-order valence-corrected chi connectivity index (χ2v) is 5.51. The zero-order valence-electron chi connectivity index (χ0n) is 13.4. The Bertz CT molecular complexity index is 597. The van der Waals surface area contributed by atoms with Gasteiger partial charge < -0.3 is 15.7 Å². The maximum absolute atomic E-state index is 11.7. The van der Waals surface area contributed by atoms with Gasteiger partial charge in [0.2, 0.25) is 0 Å². The predicted octanol–water partition coefficient (Wildman–Crippen LogP) is 1.47. The lowest BCUT2D eigenvalue weighted by molar-refractivity contribution is 0.114. The average Bonchev–Trinajstić information content (AvgIpc) is 3.12. The van der Waals surface area contributed by atoms with E-state index in [-0.39, 0.29) is 18.5 Å². The molecule has 0 fully saturated rings. The Labute approximate surface area is 135 Å². The van der Waals surface area contributed by atoms with E-state index >= 15 is 0 Å². The number of hydrogen-bond donors (Lipinski definition) is 3. The highest BCUT2D eigenvalue weighted by molar-refractivity contribution is 5.73. The summed E-state index contributed by atoms with van der Waals surface area (Å²) < 4.78 is 1.81. The van der Waals surface area contributed by atoms with Gasteiger partial charge in [-0.3, -0.25) is 4.57 Å². The summed E-state index contributed by atoms with van der Waals surface area (Å²) in [6, 6.07) is 3.46. The molecule has 2 amide bonds. The van der Waals surface area contributed by atoms with Crippen molar-refractivity contribution in [3.8, 4) is 5.82 Å². The van der Waals surface area contributed by atoms with E-state index in [2.05, 4.69) is 20.6 Å². The number of imidazole rings is 1. The van der Waals surface area contributed by atoms with Crippen molar-refractivity contribution in [3.63, 3.8) is 0 Å². The number of nitrogens with one attached hydrogen (secondary N) is 2. The van der Waals surface area contributed by atoms with E-state index in [0.29, 0.717) is 6.54 Å². The minimum Gasteiger partial charge on any atom is -0.391 e. The van der Waals surface area contributed by atoms with Gasteiger partial charge in [-0.05, 0) is 17.5 Å². The van der Waals surface area contributed by atoms with Crippen LogP contribution in [-0.4, -0.2) is 38.3 Å². The highest BCUT2D eigenvalue weighted by atomic mass is 16.3. The highest BCUT2D eigenvalue weighted by Gasteiger charge is 2.13. The fraction of sp³-hybridized carbons (Fsp3) is 0.438. The largest absolute Gasteiger partial charge is 0.391 e. The number of amides is 2. The second-order valence-electron chi connectivity index (χ2n) is 5.51.